The number of halogens is 2. The third-order valence-corrected chi connectivity index (χ3v) is 3.58. The Labute approximate surface area is 120 Å². The quantitative estimate of drug-likeness (QED) is 0.644. The Morgan fingerprint density at radius 1 is 1.00 bits per heavy atom. The molecular formula is C16H12F2O3. The molecule has 0 unspecified atom stereocenters. The summed E-state index contributed by atoms with van der Waals surface area (Å²) in [6, 6.07) is 11.3. The molecule has 108 valence electrons. The molecule has 5 heteroatoms. The van der Waals surface area contributed by atoms with Gasteiger partial charge in [-0.15, -0.1) is 0 Å². The summed E-state index contributed by atoms with van der Waals surface area (Å²) in [7, 11) is 1.27. The molecule has 1 atom stereocenters. The van der Waals surface area contributed by atoms with Crippen LogP contribution in [0.1, 0.15) is 11.1 Å². The highest BCUT2D eigenvalue weighted by Gasteiger charge is 2.63. The van der Waals surface area contributed by atoms with E-state index in [0.29, 0.717) is 11.1 Å². The van der Waals surface area contributed by atoms with Crippen LogP contribution in [0, 0.1) is 11.6 Å². The van der Waals surface area contributed by atoms with E-state index in [2.05, 4.69) is 0 Å². The molecule has 0 saturated carbocycles. The van der Waals surface area contributed by atoms with Gasteiger partial charge < -0.3 is 9.47 Å². The number of carbonyl (C=O) groups excluding carboxylic acids is 1. The van der Waals surface area contributed by atoms with Gasteiger partial charge in [-0.05, 0) is 35.4 Å². The van der Waals surface area contributed by atoms with Crippen molar-refractivity contribution in [3.8, 4) is 0 Å². The molecule has 0 spiro atoms. The molecule has 2 aromatic carbocycles. The van der Waals surface area contributed by atoms with Crippen molar-refractivity contribution in [3.63, 3.8) is 0 Å². The Morgan fingerprint density at radius 2 is 1.43 bits per heavy atom. The van der Waals surface area contributed by atoms with Crippen LogP contribution in [0.4, 0.5) is 8.78 Å². The highest BCUT2D eigenvalue weighted by Crippen LogP contribution is 2.52. The van der Waals surface area contributed by atoms with Crippen molar-refractivity contribution in [2.75, 3.05) is 7.11 Å². The topological polar surface area (TPSA) is 38.8 Å². The fourth-order valence-corrected chi connectivity index (χ4v) is 2.47. The van der Waals surface area contributed by atoms with Gasteiger partial charge in [0.05, 0.1) is 7.11 Å². The van der Waals surface area contributed by atoms with E-state index in [0.717, 1.165) is 0 Å². The molecule has 1 aliphatic rings. The van der Waals surface area contributed by atoms with Gasteiger partial charge in [0.2, 0.25) is 0 Å². The normalized spacial score (nSPS) is 19.1. The van der Waals surface area contributed by atoms with Crippen LogP contribution in [-0.2, 0) is 19.9 Å². The molecule has 0 N–H and O–H groups in total. The molecule has 1 fully saturated rings. The second kappa shape index (κ2) is 4.93. The lowest BCUT2D eigenvalue weighted by atomic mass is 9.88. The standard InChI is InChI=1S/C16H12F2O3/c1-20-15(19)14-16(21-14,10-2-6-12(17)7-3-10)11-4-8-13(18)9-5-11/h2-9,14H,1H3/t14-/m1/s1. The van der Waals surface area contributed by atoms with E-state index in [1.54, 1.807) is 24.3 Å². The molecule has 0 radical (unpaired) electrons. The Hall–Kier alpha value is -2.27. The lowest BCUT2D eigenvalue weighted by molar-refractivity contribution is -0.142. The Kier molecular flexibility index (Phi) is 3.22. The Balaban J connectivity index is 2.07. The van der Waals surface area contributed by atoms with Gasteiger partial charge in [0.25, 0.3) is 0 Å². The van der Waals surface area contributed by atoms with Gasteiger partial charge in [-0.1, -0.05) is 24.3 Å². The van der Waals surface area contributed by atoms with E-state index >= 15 is 0 Å². The average Bonchev–Trinajstić information content (AvgIpc) is 3.24. The summed E-state index contributed by atoms with van der Waals surface area (Å²) in [6.45, 7) is 0. The number of epoxide rings is 1. The van der Waals surface area contributed by atoms with Crippen LogP contribution < -0.4 is 0 Å². The van der Waals surface area contributed by atoms with Gasteiger partial charge in [0.1, 0.15) is 11.6 Å². The molecule has 3 rings (SSSR count). The van der Waals surface area contributed by atoms with E-state index < -0.39 is 17.7 Å². The largest absolute Gasteiger partial charge is 0.467 e. The number of benzene rings is 2. The summed E-state index contributed by atoms with van der Waals surface area (Å²) < 4.78 is 36.5. The molecule has 3 nitrogen and oxygen atoms in total. The molecule has 1 heterocycles. The molecule has 1 saturated heterocycles. The smallest absolute Gasteiger partial charge is 0.338 e. The van der Waals surface area contributed by atoms with Crippen molar-refractivity contribution >= 4 is 5.97 Å². The van der Waals surface area contributed by atoms with Crippen LogP contribution in [0.15, 0.2) is 48.5 Å². The molecule has 0 aliphatic carbocycles. The average molecular weight is 290 g/mol. The van der Waals surface area contributed by atoms with E-state index in [1.165, 1.54) is 31.4 Å². The lowest BCUT2D eigenvalue weighted by Crippen LogP contribution is -2.21. The van der Waals surface area contributed by atoms with Gasteiger partial charge in [0.15, 0.2) is 11.7 Å². The minimum Gasteiger partial charge on any atom is -0.467 e. The minimum absolute atomic E-state index is 0.386. The van der Waals surface area contributed by atoms with Crippen molar-refractivity contribution in [1.29, 1.82) is 0 Å². The first kappa shape index (κ1) is 13.7. The first-order valence-corrected chi connectivity index (χ1v) is 6.35. The summed E-state index contributed by atoms with van der Waals surface area (Å²) in [5.41, 5.74) is 0.186. The van der Waals surface area contributed by atoms with Crippen LogP contribution in [0.5, 0.6) is 0 Å². The number of ether oxygens (including phenoxy) is 2. The zero-order chi connectivity index (χ0) is 15.0. The predicted octanol–water partition coefficient (Wildman–Crippen LogP) is 2.78. The van der Waals surface area contributed by atoms with Crippen molar-refractivity contribution < 1.29 is 23.0 Å². The molecule has 2 aromatic rings. The van der Waals surface area contributed by atoms with Gasteiger partial charge in [-0.3, -0.25) is 0 Å². The van der Waals surface area contributed by atoms with Crippen molar-refractivity contribution in [2.45, 2.75) is 11.7 Å². The molecule has 0 bridgehead atoms. The maximum Gasteiger partial charge on any atom is 0.338 e. The fraction of sp³-hybridized carbons (Fsp3) is 0.188. The second-order valence-corrected chi connectivity index (χ2v) is 4.77. The SMILES string of the molecule is COC(=O)[C@H]1OC1(c1ccc(F)cc1)c1ccc(F)cc1. The van der Waals surface area contributed by atoms with E-state index in [9.17, 15) is 13.6 Å². The number of hydrogen-bond donors (Lipinski definition) is 0. The van der Waals surface area contributed by atoms with Gasteiger partial charge >= 0.3 is 5.97 Å². The minimum atomic E-state index is -1.05. The highest BCUT2D eigenvalue weighted by molar-refractivity contribution is 5.81. The first-order chi connectivity index (χ1) is 10.1. The lowest BCUT2D eigenvalue weighted by Gasteiger charge is -2.14. The van der Waals surface area contributed by atoms with Crippen molar-refractivity contribution in [2.24, 2.45) is 0 Å². The number of esters is 1. The zero-order valence-electron chi connectivity index (χ0n) is 11.2. The monoisotopic (exact) mass is 290 g/mol. The maximum absolute atomic E-state index is 13.1. The Bertz CT molecular complexity index is 619. The summed E-state index contributed by atoms with van der Waals surface area (Å²) in [5, 5.41) is 0. The van der Waals surface area contributed by atoms with Crippen LogP contribution in [0.2, 0.25) is 0 Å². The fourth-order valence-electron chi connectivity index (χ4n) is 2.47. The van der Waals surface area contributed by atoms with E-state index in [4.69, 9.17) is 9.47 Å². The maximum atomic E-state index is 13.1. The molecular weight excluding hydrogens is 278 g/mol. The van der Waals surface area contributed by atoms with Gasteiger partial charge in [-0.2, -0.15) is 0 Å². The second-order valence-electron chi connectivity index (χ2n) is 4.77. The third-order valence-electron chi connectivity index (χ3n) is 3.58. The highest BCUT2D eigenvalue weighted by atomic mass is 19.1. The molecule has 1 aliphatic heterocycles. The van der Waals surface area contributed by atoms with Crippen LogP contribution >= 0.6 is 0 Å². The van der Waals surface area contributed by atoms with Gasteiger partial charge in [0, 0.05) is 0 Å². The van der Waals surface area contributed by atoms with E-state index in [1.807, 2.05) is 0 Å². The summed E-state index contributed by atoms with van der Waals surface area (Å²) >= 11 is 0. The van der Waals surface area contributed by atoms with Crippen LogP contribution in [-0.4, -0.2) is 19.2 Å². The summed E-state index contributed by atoms with van der Waals surface area (Å²) in [5.74, 6) is -1.30. The number of methoxy groups -OCH3 is 1. The van der Waals surface area contributed by atoms with Gasteiger partial charge in [-0.25, -0.2) is 13.6 Å². The van der Waals surface area contributed by atoms with Crippen molar-refractivity contribution in [3.05, 3.63) is 71.3 Å². The van der Waals surface area contributed by atoms with E-state index in [-0.39, 0.29) is 11.6 Å². The number of carbonyl (C=O) groups is 1. The Morgan fingerprint density at radius 3 is 1.81 bits per heavy atom. The number of hydrogen-bond acceptors (Lipinski definition) is 3. The van der Waals surface area contributed by atoms with Crippen LogP contribution in [0.25, 0.3) is 0 Å². The number of rotatable bonds is 3. The van der Waals surface area contributed by atoms with Crippen LogP contribution in [0.3, 0.4) is 0 Å². The zero-order valence-corrected chi connectivity index (χ0v) is 11.2. The molecule has 0 amide bonds. The third kappa shape index (κ3) is 2.19. The van der Waals surface area contributed by atoms with Crippen molar-refractivity contribution in [1.82, 2.24) is 0 Å². The summed E-state index contributed by atoms with van der Waals surface area (Å²) in [4.78, 5) is 11.8. The summed E-state index contributed by atoms with van der Waals surface area (Å²) in [6.07, 6.45) is -0.821. The molecule has 0 aromatic heterocycles. The predicted molar refractivity (Wildman–Crippen MR) is 70.5 cm³/mol. The first-order valence-electron chi connectivity index (χ1n) is 6.35. The molecule has 21 heavy (non-hydrogen) atoms.